The fraction of sp³-hybridized carbons (Fsp3) is 0.500. The molecule has 5 nitrogen and oxygen atoms in total. The number of nitrogens with zero attached hydrogens (tertiary/aromatic N) is 1. The summed E-state index contributed by atoms with van der Waals surface area (Å²) in [6.45, 7) is 5.74. The molecule has 110 valence electrons. The highest BCUT2D eigenvalue weighted by molar-refractivity contribution is 9.09. The second-order valence-electron chi connectivity index (χ2n) is 4.89. The van der Waals surface area contributed by atoms with Crippen molar-refractivity contribution in [1.82, 2.24) is 5.32 Å². The molecule has 0 bridgehead atoms. The second-order valence-corrected chi connectivity index (χ2v) is 5.45. The SMILES string of the molecule is CCC(CC)(CBr)NC(=O)c1cc(C)cc([N+](=O)[O-])c1. The zero-order valence-corrected chi connectivity index (χ0v) is 13.5. The first kappa shape index (κ1) is 16.6. The number of carbonyl (C=O) groups is 1. The smallest absolute Gasteiger partial charge is 0.270 e. The minimum absolute atomic E-state index is 0.0624. The quantitative estimate of drug-likeness (QED) is 0.487. The van der Waals surface area contributed by atoms with Crippen molar-refractivity contribution in [3.63, 3.8) is 0 Å². The van der Waals surface area contributed by atoms with E-state index in [0.29, 0.717) is 16.5 Å². The van der Waals surface area contributed by atoms with E-state index in [1.165, 1.54) is 12.1 Å². The third kappa shape index (κ3) is 3.79. The van der Waals surface area contributed by atoms with Crippen LogP contribution >= 0.6 is 15.9 Å². The maximum atomic E-state index is 12.3. The summed E-state index contributed by atoms with van der Waals surface area (Å²) >= 11 is 3.42. The number of nitrogens with one attached hydrogen (secondary N) is 1. The van der Waals surface area contributed by atoms with E-state index >= 15 is 0 Å². The summed E-state index contributed by atoms with van der Waals surface area (Å²) in [5.41, 5.74) is 0.633. The Balaban J connectivity index is 3.06. The van der Waals surface area contributed by atoms with Crippen LogP contribution in [-0.4, -0.2) is 21.7 Å². The zero-order chi connectivity index (χ0) is 15.3. The molecule has 20 heavy (non-hydrogen) atoms. The monoisotopic (exact) mass is 342 g/mol. The van der Waals surface area contributed by atoms with Gasteiger partial charge in [0.15, 0.2) is 0 Å². The lowest BCUT2D eigenvalue weighted by Crippen LogP contribution is -2.49. The average Bonchev–Trinajstić information content (AvgIpc) is 2.44. The van der Waals surface area contributed by atoms with Crippen molar-refractivity contribution < 1.29 is 9.72 Å². The molecule has 0 aliphatic heterocycles. The van der Waals surface area contributed by atoms with E-state index < -0.39 is 4.92 Å². The second kappa shape index (κ2) is 6.83. The summed E-state index contributed by atoms with van der Waals surface area (Å²) in [6, 6.07) is 4.42. The van der Waals surface area contributed by atoms with E-state index in [4.69, 9.17) is 0 Å². The molecule has 1 aromatic carbocycles. The highest BCUT2D eigenvalue weighted by atomic mass is 79.9. The number of hydrogen-bond acceptors (Lipinski definition) is 3. The lowest BCUT2D eigenvalue weighted by Gasteiger charge is -2.30. The first-order valence-electron chi connectivity index (χ1n) is 6.52. The van der Waals surface area contributed by atoms with Crippen LogP contribution in [-0.2, 0) is 0 Å². The number of alkyl halides is 1. The maximum Gasteiger partial charge on any atom is 0.270 e. The van der Waals surface area contributed by atoms with Crippen LogP contribution in [0.1, 0.15) is 42.6 Å². The minimum atomic E-state index is -0.485. The van der Waals surface area contributed by atoms with Crippen molar-refractivity contribution >= 4 is 27.5 Å². The average molecular weight is 343 g/mol. The maximum absolute atomic E-state index is 12.3. The van der Waals surface area contributed by atoms with Gasteiger partial charge in [-0.05, 0) is 31.4 Å². The van der Waals surface area contributed by atoms with Gasteiger partial charge in [-0.25, -0.2) is 0 Å². The number of rotatable bonds is 6. The molecule has 0 atom stereocenters. The number of non-ortho nitro benzene ring substituents is 1. The Bertz CT molecular complexity index is 505. The summed E-state index contributed by atoms with van der Waals surface area (Å²) in [5, 5.41) is 14.5. The molecule has 0 spiro atoms. The summed E-state index contributed by atoms with van der Waals surface area (Å²) in [7, 11) is 0. The molecule has 6 heteroatoms. The van der Waals surface area contributed by atoms with Gasteiger partial charge < -0.3 is 5.32 Å². The topological polar surface area (TPSA) is 72.2 Å². The van der Waals surface area contributed by atoms with E-state index in [0.717, 1.165) is 12.8 Å². The van der Waals surface area contributed by atoms with Gasteiger partial charge in [-0.15, -0.1) is 0 Å². The molecule has 1 rings (SSSR count). The van der Waals surface area contributed by atoms with E-state index in [9.17, 15) is 14.9 Å². The molecule has 0 radical (unpaired) electrons. The molecular weight excluding hydrogens is 324 g/mol. The first-order chi connectivity index (χ1) is 9.37. The molecule has 0 heterocycles. The van der Waals surface area contributed by atoms with Crippen LogP contribution in [0.2, 0.25) is 0 Å². The third-order valence-electron chi connectivity index (χ3n) is 3.52. The van der Waals surface area contributed by atoms with Crippen LogP contribution in [0.3, 0.4) is 0 Å². The van der Waals surface area contributed by atoms with Crippen LogP contribution < -0.4 is 5.32 Å². The Morgan fingerprint density at radius 2 is 1.95 bits per heavy atom. The van der Waals surface area contributed by atoms with Gasteiger partial charge in [-0.1, -0.05) is 29.8 Å². The van der Waals surface area contributed by atoms with E-state index in [1.807, 2.05) is 13.8 Å². The lowest BCUT2D eigenvalue weighted by molar-refractivity contribution is -0.384. The Hall–Kier alpha value is -1.43. The number of aryl methyl sites for hydroxylation is 1. The van der Waals surface area contributed by atoms with Gasteiger partial charge in [0, 0.05) is 28.6 Å². The molecule has 1 N–H and O–H groups in total. The summed E-state index contributed by atoms with van der Waals surface area (Å²) < 4.78 is 0. The molecule has 0 unspecified atom stereocenters. The van der Waals surface area contributed by atoms with Crippen molar-refractivity contribution in [1.29, 1.82) is 0 Å². The van der Waals surface area contributed by atoms with Gasteiger partial charge in [-0.2, -0.15) is 0 Å². The van der Waals surface area contributed by atoms with Crippen LogP contribution in [0, 0.1) is 17.0 Å². The normalized spacial score (nSPS) is 11.2. The number of amides is 1. The van der Waals surface area contributed by atoms with Gasteiger partial charge in [-0.3, -0.25) is 14.9 Å². The highest BCUT2D eigenvalue weighted by Crippen LogP contribution is 2.21. The van der Waals surface area contributed by atoms with Crippen molar-refractivity contribution in [3.8, 4) is 0 Å². The van der Waals surface area contributed by atoms with Gasteiger partial charge >= 0.3 is 0 Å². The number of benzene rings is 1. The molecule has 0 aromatic heterocycles. The first-order valence-corrected chi connectivity index (χ1v) is 7.64. The number of nitro groups is 1. The zero-order valence-electron chi connectivity index (χ0n) is 11.9. The third-order valence-corrected chi connectivity index (χ3v) is 4.60. The minimum Gasteiger partial charge on any atom is -0.346 e. The van der Waals surface area contributed by atoms with Crippen LogP contribution in [0.5, 0.6) is 0 Å². The highest BCUT2D eigenvalue weighted by Gasteiger charge is 2.27. The number of hydrogen-bond donors (Lipinski definition) is 1. The number of halogens is 1. The van der Waals surface area contributed by atoms with E-state index in [2.05, 4.69) is 21.2 Å². The Labute approximate surface area is 127 Å². The molecule has 0 saturated heterocycles. The predicted molar refractivity (Wildman–Crippen MR) is 82.4 cm³/mol. The molecule has 0 fully saturated rings. The molecular formula is C14H19BrN2O3. The van der Waals surface area contributed by atoms with Crippen molar-refractivity contribution in [2.75, 3.05) is 5.33 Å². The van der Waals surface area contributed by atoms with Crippen LogP contribution in [0.25, 0.3) is 0 Å². The Morgan fingerprint density at radius 1 is 1.35 bits per heavy atom. The Morgan fingerprint density at radius 3 is 2.40 bits per heavy atom. The molecule has 0 saturated carbocycles. The van der Waals surface area contributed by atoms with Crippen molar-refractivity contribution in [3.05, 3.63) is 39.4 Å². The fourth-order valence-electron chi connectivity index (χ4n) is 1.96. The van der Waals surface area contributed by atoms with Gasteiger partial charge in [0.05, 0.1) is 4.92 Å². The Kier molecular flexibility index (Phi) is 5.68. The summed E-state index contributed by atoms with van der Waals surface area (Å²) in [4.78, 5) is 22.7. The molecule has 0 aliphatic carbocycles. The summed E-state index contributed by atoms with van der Waals surface area (Å²) in [5.74, 6) is -0.278. The summed E-state index contributed by atoms with van der Waals surface area (Å²) in [6.07, 6.45) is 1.57. The number of carbonyl (C=O) groups excluding carboxylic acids is 1. The van der Waals surface area contributed by atoms with Gasteiger partial charge in [0.1, 0.15) is 0 Å². The fourth-order valence-corrected chi connectivity index (χ4v) is 2.89. The predicted octanol–water partition coefficient (Wildman–Crippen LogP) is 3.59. The molecule has 1 amide bonds. The van der Waals surface area contributed by atoms with Crippen LogP contribution in [0.4, 0.5) is 5.69 Å². The van der Waals surface area contributed by atoms with Gasteiger partial charge in [0.2, 0.25) is 0 Å². The van der Waals surface area contributed by atoms with Crippen LogP contribution in [0.15, 0.2) is 18.2 Å². The molecule has 0 aliphatic rings. The van der Waals surface area contributed by atoms with E-state index in [1.54, 1.807) is 13.0 Å². The number of nitro benzene ring substituents is 1. The van der Waals surface area contributed by atoms with Crippen molar-refractivity contribution in [2.24, 2.45) is 0 Å². The van der Waals surface area contributed by atoms with Crippen molar-refractivity contribution in [2.45, 2.75) is 39.2 Å². The lowest BCUT2D eigenvalue weighted by atomic mass is 9.95. The standard InChI is InChI=1S/C14H19BrN2O3/c1-4-14(5-2,9-15)16-13(18)11-6-10(3)7-12(8-11)17(19)20/h6-8H,4-5,9H2,1-3H3,(H,16,18). The molecule has 1 aromatic rings. The van der Waals surface area contributed by atoms with E-state index in [-0.39, 0.29) is 17.1 Å². The largest absolute Gasteiger partial charge is 0.346 e. The van der Waals surface area contributed by atoms with Gasteiger partial charge in [0.25, 0.3) is 11.6 Å².